The van der Waals surface area contributed by atoms with Crippen LogP contribution in [0.3, 0.4) is 0 Å². The van der Waals surface area contributed by atoms with Gasteiger partial charge in [-0.05, 0) is 56.3 Å². The zero-order chi connectivity index (χ0) is 18.5. The molecule has 2 amide bonds. The quantitative estimate of drug-likeness (QED) is 0.865. The van der Waals surface area contributed by atoms with Crippen LogP contribution in [-0.4, -0.2) is 52.7 Å². The van der Waals surface area contributed by atoms with Crippen LogP contribution < -0.4 is 10.1 Å². The topological polar surface area (TPSA) is 76.5 Å². The molecule has 4 aliphatic rings. The van der Waals surface area contributed by atoms with Crippen molar-refractivity contribution in [3.8, 4) is 5.88 Å². The minimum absolute atomic E-state index is 0.0261. The average molecular weight is 360 g/mol. The molecular formula is C19H28N4O3. The number of ether oxygens (including phenoxy) is 1. The molecule has 0 atom stereocenters. The number of hydrogen-bond acceptors (Lipinski definition) is 4. The second-order valence-electron chi connectivity index (χ2n) is 8.63. The van der Waals surface area contributed by atoms with E-state index in [2.05, 4.69) is 10.4 Å². The second-order valence-corrected chi connectivity index (χ2v) is 8.63. The molecule has 26 heavy (non-hydrogen) atoms. The van der Waals surface area contributed by atoms with Crippen LogP contribution in [0.1, 0.15) is 48.9 Å². The van der Waals surface area contributed by atoms with Gasteiger partial charge in [0.2, 0.25) is 11.8 Å². The van der Waals surface area contributed by atoms with Crippen LogP contribution in [0.15, 0.2) is 6.20 Å². The van der Waals surface area contributed by atoms with Crippen LogP contribution in [0.25, 0.3) is 0 Å². The van der Waals surface area contributed by atoms with Gasteiger partial charge in [-0.25, -0.2) is 0 Å². The van der Waals surface area contributed by atoms with Gasteiger partial charge < -0.3 is 15.0 Å². The largest absolute Gasteiger partial charge is 0.479 e. The first-order valence-corrected chi connectivity index (χ1v) is 9.51. The number of nitrogens with one attached hydrogen (secondary N) is 1. The van der Waals surface area contributed by atoms with Crippen molar-refractivity contribution in [3.05, 3.63) is 11.8 Å². The fraction of sp³-hybridized carbons (Fsp3) is 0.737. The van der Waals surface area contributed by atoms with Crippen molar-refractivity contribution in [1.29, 1.82) is 0 Å². The van der Waals surface area contributed by atoms with Crippen molar-refractivity contribution >= 4 is 11.8 Å². The summed E-state index contributed by atoms with van der Waals surface area (Å²) in [6.45, 7) is 0.0542. The first-order valence-electron chi connectivity index (χ1n) is 9.51. The first kappa shape index (κ1) is 17.4. The molecule has 1 heterocycles. The van der Waals surface area contributed by atoms with Crippen LogP contribution in [-0.2, 0) is 11.8 Å². The minimum atomic E-state index is -0.254. The van der Waals surface area contributed by atoms with E-state index in [1.54, 1.807) is 20.3 Å². The van der Waals surface area contributed by atoms with Gasteiger partial charge in [0.05, 0.1) is 13.7 Å². The molecule has 0 aromatic carbocycles. The predicted molar refractivity (Wildman–Crippen MR) is 95.8 cm³/mol. The smallest absolute Gasteiger partial charge is 0.261 e. The third kappa shape index (κ3) is 3.08. The van der Waals surface area contributed by atoms with Gasteiger partial charge in [0.25, 0.3) is 5.91 Å². The summed E-state index contributed by atoms with van der Waals surface area (Å²) in [5.74, 6) is 2.30. The molecule has 1 aromatic heterocycles. The molecule has 0 radical (unpaired) electrons. The van der Waals surface area contributed by atoms with Crippen molar-refractivity contribution in [2.75, 3.05) is 20.7 Å². The fourth-order valence-electron chi connectivity index (χ4n) is 5.86. The number of rotatable bonds is 5. The Morgan fingerprint density at radius 3 is 2.38 bits per heavy atom. The Balaban J connectivity index is 1.39. The van der Waals surface area contributed by atoms with E-state index in [9.17, 15) is 9.59 Å². The number of methoxy groups -OCH3 is 1. The summed E-state index contributed by atoms with van der Waals surface area (Å²) in [4.78, 5) is 26.8. The van der Waals surface area contributed by atoms with E-state index in [0.29, 0.717) is 5.56 Å². The number of aryl methyl sites for hydroxylation is 1. The zero-order valence-electron chi connectivity index (χ0n) is 15.8. The molecule has 4 fully saturated rings. The molecule has 1 aromatic rings. The van der Waals surface area contributed by atoms with E-state index in [-0.39, 0.29) is 29.8 Å². The number of nitrogens with zero attached hydrogens (tertiary/aromatic N) is 3. The molecule has 1 N–H and O–H groups in total. The van der Waals surface area contributed by atoms with Crippen molar-refractivity contribution < 1.29 is 14.3 Å². The van der Waals surface area contributed by atoms with Crippen LogP contribution in [0, 0.1) is 17.8 Å². The lowest BCUT2D eigenvalue weighted by atomic mass is 9.53. The van der Waals surface area contributed by atoms with Gasteiger partial charge in [0.1, 0.15) is 5.56 Å². The number of likely N-dealkylation sites (N-methyl/N-ethyl adjacent to an activating group) is 1. The molecule has 142 valence electrons. The average Bonchev–Trinajstić information content (AvgIpc) is 2.93. The molecule has 4 aliphatic carbocycles. The summed E-state index contributed by atoms with van der Waals surface area (Å²) in [6.07, 6.45) is 8.97. The van der Waals surface area contributed by atoms with E-state index in [1.807, 2.05) is 0 Å². The highest BCUT2D eigenvalue weighted by Crippen LogP contribution is 2.55. The lowest BCUT2D eigenvalue weighted by Gasteiger charge is -2.57. The van der Waals surface area contributed by atoms with Crippen molar-refractivity contribution in [2.45, 2.75) is 44.1 Å². The van der Waals surface area contributed by atoms with Crippen LogP contribution in [0.5, 0.6) is 5.88 Å². The van der Waals surface area contributed by atoms with E-state index >= 15 is 0 Å². The molecule has 0 spiro atoms. The number of hydrogen-bond donors (Lipinski definition) is 1. The summed E-state index contributed by atoms with van der Waals surface area (Å²) >= 11 is 0. The molecular weight excluding hydrogens is 332 g/mol. The highest BCUT2D eigenvalue weighted by molar-refractivity contribution is 5.98. The van der Waals surface area contributed by atoms with Gasteiger partial charge in [0, 0.05) is 25.8 Å². The summed E-state index contributed by atoms with van der Waals surface area (Å²) in [6, 6.07) is 0. The molecule has 7 heteroatoms. The van der Waals surface area contributed by atoms with Crippen molar-refractivity contribution in [1.82, 2.24) is 20.0 Å². The monoisotopic (exact) mass is 360 g/mol. The third-order valence-electron chi connectivity index (χ3n) is 6.39. The SMILES string of the molecule is COc1nn(C)cc1C(=O)N(C)CC(=O)NC12CC3CC(CC(C3)C1)C2. The number of carbonyl (C=O) groups is 2. The van der Waals surface area contributed by atoms with E-state index in [1.165, 1.54) is 36.0 Å². The second kappa shape index (κ2) is 6.28. The lowest BCUT2D eigenvalue weighted by molar-refractivity contribution is -0.127. The molecule has 4 saturated carbocycles. The predicted octanol–water partition coefficient (Wildman–Crippen LogP) is 1.59. The molecule has 0 unspecified atom stereocenters. The summed E-state index contributed by atoms with van der Waals surface area (Å²) in [5.41, 5.74) is 0.349. The zero-order valence-corrected chi connectivity index (χ0v) is 15.8. The molecule has 0 saturated heterocycles. The van der Waals surface area contributed by atoms with Crippen LogP contribution in [0.4, 0.5) is 0 Å². The number of amides is 2. The maximum Gasteiger partial charge on any atom is 0.261 e. The Hall–Kier alpha value is -2.05. The Bertz CT molecular complexity index is 691. The van der Waals surface area contributed by atoms with Gasteiger partial charge >= 0.3 is 0 Å². The first-order chi connectivity index (χ1) is 12.4. The Kier molecular flexibility index (Phi) is 4.20. The highest BCUT2D eigenvalue weighted by Gasteiger charge is 2.51. The Morgan fingerprint density at radius 2 is 1.85 bits per heavy atom. The number of carbonyl (C=O) groups excluding carboxylic acids is 2. The maximum atomic E-state index is 12.7. The van der Waals surface area contributed by atoms with Crippen LogP contribution >= 0.6 is 0 Å². The standard InChI is InChI=1S/C19H28N4O3/c1-22(18(25)15-10-23(2)21-17(15)26-3)11-16(24)20-19-7-12-4-13(8-19)6-14(5-12)9-19/h10,12-14H,4-9,11H2,1-3H3,(H,20,24). The summed E-state index contributed by atoms with van der Waals surface area (Å²) in [5, 5.41) is 7.42. The normalized spacial score (nSPS) is 31.7. The third-order valence-corrected chi connectivity index (χ3v) is 6.39. The van der Waals surface area contributed by atoms with Gasteiger partial charge in [0.15, 0.2) is 0 Å². The van der Waals surface area contributed by atoms with E-state index in [4.69, 9.17) is 4.74 Å². The molecule has 0 aliphatic heterocycles. The Labute approximate surface area is 154 Å². The van der Waals surface area contributed by atoms with E-state index < -0.39 is 0 Å². The summed E-state index contributed by atoms with van der Waals surface area (Å²) in [7, 11) is 4.87. The van der Waals surface area contributed by atoms with Crippen LogP contribution in [0.2, 0.25) is 0 Å². The highest BCUT2D eigenvalue weighted by atomic mass is 16.5. The number of aromatic nitrogens is 2. The molecule has 7 nitrogen and oxygen atoms in total. The van der Waals surface area contributed by atoms with Gasteiger partial charge in [-0.2, -0.15) is 0 Å². The van der Waals surface area contributed by atoms with Gasteiger partial charge in [-0.3, -0.25) is 14.3 Å². The van der Waals surface area contributed by atoms with Gasteiger partial charge in [-0.15, -0.1) is 5.10 Å². The van der Waals surface area contributed by atoms with E-state index in [0.717, 1.165) is 37.0 Å². The summed E-state index contributed by atoms with van der Waals surface area (Å²) < 4.78 is 6.69. The fourth-order valence-corrected chi connectivity index (χ4v) is 5.86. The maximum absolute atomic E-state index is 12.7. The lowest BCUT2D eigenvalue weighted by Crippen LogP contribution is -2.61. The molecule has 5 rings (SSSR count). The molecule has 4 bridgehead atoms. The van der Waals surface area contributed by atoms with Crippen molar-refractivity contribution in [3.63, 3.8) is 0 Å². The Morgan fingerprint density at radius 1 is 1.27 bits per heavy atom. The minimum Gasteiger partial charge on any atom is -0.479 e. The van der Waals surface area contributed by atoms with Crippen molar-refractivity contribution in [2.24, 2.45) is 24.8 Å². The van der Waals surface area contributed by atoms with Gasteiger partial charge in [-0.1, -0.05) is 0 Å².